The van der Waals surface area contributed by atoms with Crippen molar-refractivity contribution in [3.8, 4) is 16.9 Å². The van der Waals surface area contributed by atoms with Crippen molar-refractivity contribution >= 4 is 28.5 Å². The molecule has 0 amide bonds. The number of aryl methyl sites for hydroxylation is 1. The van der Waals surface area contributed by atoms with Gasteiger partial charge in [-0.1, -0.05) is 30.2 Å². The van der Waals surface area contributed by atoms with Crippen LogP contribution in [-0.4, -0.2) is 45.7 Å². The van der Waals surface area contributed by atoms with Crippen molar-refractivity contribution in [2.75, 3.05) is 13.2 Å². The molecule has 43 heavy (non-hydrogen) atoms. The second kappa shape index (κ2) is 13.8. The Bertz CT molecular complexity index is 1650. The van der Waals surface area contributed by atoms with Crippen LogP contribution in [0.4, 0.5) is 8.78 Å². The molecule has 2 aromatic carbocycles. The van der Waals surface area contributed by atoms with Gasteiger partial charge in [-0.05, 0) is 86.9 Å². The van der Waals surface area contributed by atoms with E-state index in [2.05, 4.69) is 20.3 Å². The van der Waals surface area contributed by atoms with Crippen molar-refractivity contribution in [1.82, 2.24) is 19.9 Å². The number of aromatic amines is 1. The third-order valence-corrected chi connectivity index (χ3v) is 8.27. The lowest BCUT2D eigenvalue weighted by Crippen LogP contribution is -2.37. The smallest absolute Gasteiger partial charge is 0.354 e. The third-order valence-electron chi connectivity index (χ3n) is 8.00. The van der Waals surface area contributed by atoms with E-state index in [4.69, 9.17) is 23.1 Å². The largest absolute Gasteiger partial charge is 0.385 e. The number of fused-ring (bicyclic) bond motifs is 1. The summed E-state index contributed by atoms with van der Waals surface area (Å²) in [6, 6.07) is 13.6. The van der Waals surface area contributed by atoms with E-state index < -0.39 is 18.2 Å². The molecule has 0 radical (unpaired) electrons. The molecule has 6 N–H and O–H groups in total. The summed E-state index contributed by atoms with van der Waals surface area (Å²) < 4.78 is 29.1. The zero-order chi connectivity index (χ0) is 30.5. The number of hydrogen-bond donors (Lipinski definition) is 4. The first-order valence-electron chi connectivity index (χ1n) is 14.8. The molecule has 1 aliphatic heterocycles. The van der Waals surface area contributed by atoms with Crippen molar-refractivity contribution in [3.63, 3.8) is 0 Å². The summed E-state index contributed by atoms with van der Waals surface area (Å²) in [5.74, 6) is -0.485. The SMILES string of the molecule is C[C@H](N)CCCc1cc(Cl)c(F)c(-c2cc3cn(-c4ccc([C@@H]5CCC[C@H](CCN=C(N)CF)N5)cc4)c(=O)nc3[nH]2)c1. The summed E-state index contributed by atoms with van der Waals surface area (Å²) in [6.45, 7) is 1.74. The zero-order valence-corrected chi connectivity index (χ0v) is 25.0. The zero-order valence-electron chi connectivity index (χ0n) is 24.3. The lowest BCUT2D eigenvalue weighted by atomic mass is 9.92. The predicted molar refractivity (Wildman–Crippen MR) is 169 cm³/mol. The number of amidine groups is 1. The topological polar surface area (TPSA) is 127 Å². The van der Waals surface area contributed by atoms with Crippen molar-refractivity contribution < 1.29 is 8.78 Å². The molecule has 1 fully saturated rings. The summed E-state index contributed by atoms with van der Waals surface area (Å²) in [4.78, 5) is 24.4. The molecule has 0 bridgehead atoms. The quantitative estimate of drug-likeness (QED) is 0.127. The molecule has 3 heterocycles. The van der Waals surface area contributed by atoms with Gasteiger partial charge < -0.3 is 21.8 Å². The van der Waals surface area contributed by atoms with Gasteiger partial charge in [-0.15, -0.1) is 0 Å². The van der Waals surface area contributed by atoms with E-state index in [1.54, 1.807) is 24.4 Å². The minimum atomic E-state index is -0.722. The van der Waals surface area contributed by atoms with Crippen molar-refractivity contribution in [1.29, 1.82) is 0 Å². The van der Waals surface area contributed by atoms with E-state index in [1.807, 2.05) is 31.2 Å². The van der Waals surface area contributed by atoms with Crippen LogP contribution in [0.3, 0.4) is 0 Å². The highest BCUT2D eigenvalue weighted by atomic mass is 35.5. The minimum absolute atomic E-state index is 0.0382. The molecule has 1 saturated heterocycles. The van der Waals surface area contributed by atoms with Crippen LogP contribution in [0, 0.1) is 5.82 Å². The fraction of sp³-hybridized carbons (Fsp3) is 0.406. The first-order chi connectivity index (χ1) is 20.7. The number of rotatable bonds is 11. The van der Waals surface area contributed by atoms with Gasteiger partial charge in [0.25, 0.3) is 0 Å². The number of alkyl halides is 1. The monoisotopic (exact) mass is 609 g/mol. The molecular weight excluding hydrogens is 572 g/mol. The number of nitrogens with zero attached hydrogens (tertiary/aromatic N) is 3. The van der Waals surface area contributed by atoms with E-state index in [0.29, 0.717) is 34.5 Å². The van der Waals surface area contributed by atoms with Crippen molar-refractivity contribution in [2.45, 2.75) is 70.0 Å². The average Bonchev–Trinajstić information content (AvgIpc) is 3.41. The maximum Gasteiger partial charge on any atom is 0.354 e. The number of halogens is 3. The molecule has 3 atom stereocenters. The minimum Gasteiger partial charge on any atom is -0.385 e. The molecule has 2 aromatic heterocycles. The molecule has 5 rings (SSSR count). The van der Waals surface area contributed by atoms with Gasteiger partial charge in [-0.2, -0.15) is 4.98 Å². The van der Waals surface area contributed by atoms with Crippen LogP contribution in [0.1, 0.15) is 62.6 Å². The second-order valence-electron chi connectivity index (χ2n) is 11.4. The Labute approximate surface area is 254 Å². The number of hydrogen-bond acceptors (Lipinski definition) is 5. The number of H-pyrrole nitrogens is 1. The Morgan fingerprint density at radius 1 is 1.23 bits per heavy atom. The maximum atomic E-state index is 15.1. The van der Waals surface area contributed by atoms with E-state index >= 15 is 4.39 Å². The summed E-state index contributed by atoms with van der Waals surface area (Å²) in [7, 11) is 0. The number of nitrogens with two attached hydrogens (primary N) is 2. The summed E-state index contributed by atoms with van der Waals surface area (Å²) >= 11 is 6.25. The van der Waals surface area contributed by atoms with Crippen molar-refractivity contribution in [2.24, 2.45) is 16.5 Å². The Balaban J connectivity index is 1.34. The van der Waals surface area contributed by atoms with Gasteiger partial charge in [-0.3, -0.25) is 9.56 Å². The summed E-state index contributed by atoms with van der Waals surface area (Å²) in [5.41, 5.74) is 14.8. The molecule has 11 heteroatoms. The molecule has 0 unspecified atom stereocenters. The molecular formula is C32H38ClF2N7O. The number of nitrogens with one attached hydrogen (secondary N) is 2. The summed E-state index contributed by atoms with van der Waals surface area (Å²) in [5, 5.41) is 4.39. The lowest BCUT2D eigenvalue weighted by molar-refractivity contribution is 0.315. The van der Waals surface area contributed by atoms with Crippen LogP contribution in [0.15, 0.2) is 58.4 Å². The number of aliphatic imine (C=N–C) groups is 1. The second-order valence-corrected chi connectivity index (χ2v) is 11.8. The first-order valence-corrected chi connectivity index (χ1v) is 15.2. The fourth-order valence-corrected chi connectivity index (χ4v) is 5.96. The molecule has 8 nitrogen and oxygen atoms in total. The molecule has 1 aliphatic rings. The van der Waals surface area contributed by atoms with E-state index in [-0.39, 0.29) is 29.0 Å². The van der Waals surface area contributed by atoms with Crippen LogP contribution in [0.5, 0.6) is 0 Å². The molecule has 0 aliphatic carbocycles. The van der Waals surface area contributed by atoms with E-state index in [0.717, 1.165) is 56.1 Å². The van der Waals surface area contributed by atoms with Gasteiger partial charge in [-0.25, -0.2) is 13.6 Å². The van der Waals surface area contributed by atoms with Gasteiger partial charge in [0.2, 0.25) is 0 Å². The Morgan fingerprint density at radius 2 is 2.02 bits per heavy atom. The van der Waals surface area contributed by atoms with Crippen LogP contribution in [0.25, 0.3) is 28.0 Å². The van der Waals surface area contributed by atoms with E-state index in [9.17, 15) is 9.18 Å². The Kier molecular flexibility index (Phi) is 9.90. The maximum absolute atomic E-state index is 15.1. The lowest BCUT2D eigenvalue weighted by Gasteiger charge is -2.31. The number of aromatic nitrogens is 3. The first kappa shape index (κ1) is 30.8. The predicted octanol–water partition coefficient (Wildman–Crippen LogP) is 5.74. The molecule has 0 spiro atoms. The third kappa shape index (κ3) is 7.49. The Morgan fingerprint density at radius 3 is 2.77 bits per heavy atom. The van der Waals surface area contributed by atoms with Gasteiger partial charge >= 0.3 is 5.69 Å². The van der Waals surface area contributed by atoms with Gasteiger partial charge in [0.1, 0.15) is 18.2 Å². The highest BCUT2D eigenvalue weighted by Gasteiger charge is 2.22. The highest BCUT2D eigenvalue weighted by Crippen LogP contribution is 2.32. The molecule has 228 valence electrons. The van der Waals surface area contributed by atoms with Gasteiger partial charge in [0, 0.05) is 41.8 Å². The van der Waals surface area contributed by atoms with Crippen molar-refractivity contribution in [3.05, 3.63) is 81.1 Å². The fourth-order valence-electron chi connectivity index (χ4n) is 5.72. The normalized spacial score (nSPS) is 18.3. The van der Waals surface area contributed by atoms with Crippen LogP contribution >= 0.6 is 11.6 Å². The highest BCUT2D eigenvalue weighted by molar-refractivity contribution is 6.31. The average molecular weight is 610 g/mol. The molecule has 4 aromatic rings. The van der Waals surface area contributed by atoms with E-state index in [1.165, 1.54) is 4.57 Å². The van der Waals surface area contributed by atoms with Gasteiger partial charge in [0.15, 0.2) is 5.82 Å². The van der Waals surface area contributed by atoms with Crippen LogP contribution < -0.4 is 22.5 Å². The Hall–Kier alpha value is -3.60. The number of piperidine rings is 1. The molecule has 0 saturated carbocycles. The standard InChI is InChI=1S/C32H38ClF2N7O/c1-19(36)4-2-5-20-14-25(30(35)26(33)15-20)28-16-22-18-42(32(43)41-31(22)40-28)24-10-8-21(9-11-24)27-7-3-6-23(39-27)12-13-38-29(37)17-34/h8-11,14-16,18-19,23,27,39H,2-7,12-13,17,36H2,1H3,(H2,37,38)(H,40,41,43)/t19-,23+,27-/m0/s1. The van der Waals surface area contributed by atoms with Crippen LogP contribution in [-0.2, 0) is 6.42 Å². The van der Waals surface area contributed by atoms with Gasteiger partial charge in [0.05, 0.1) is 16.4 Å². The number of benzene rings is 2. The van der Waals surface area contributed by atoms with Crippen LogP contribution in [0.2, 0.25) is 5.02 Å². The summed E-state index contributed by atoms with van der Waals surface area (Å²) in [6.07, 6.45) is 8.08.